The van der Waals surface area contributed by atoms with Crippen molar-refractivity contribution in [1.29, 1.82) is 0 Å². The fourth-order valence-electron chi connectivity index (χ4n) is 2.43. The van der Waals surface area contributed by atoms with Gasteiger partial charge in [-0.3, -0.25) is 0 Å². The minimum atomic E-state index is -0.531. The van der Waals surface area contributed by atoms with Crippen LogP contribution in [0.3, 0.4) is 0 Å². The third-order valence-electron chi connectivity index (χ3n) is 3.47. The van der Waals surface area contributed by atoms with Gasteiger partial charge in [0.1, 0.15) is 11.6 Å². The number of aromatic nitrogens is 1. The second-order valence-corrected chi connectivity index (χ2v) is 4.80. The first-order valence-corrected chi connectivity index (χ1v) is 6.35. The smallest absolute Gasteiger partial charge is 0.133 e. The normalized spacial score (nSPS) is 15.4. The molecule has 1 aliphatic heterocycles. The SMILES string of the molecule is C[C@@H](O)c1ccnc(N2CCc3ccc(F)cc32)c1. The molecule has 1 aromatic carbocycles. The van der Waals surface area contributed by atoms with Crippen LogP contribution in [0.25, 0.3) is 0 Å². The number of anilines is 2. The van der Waals surface area contributed by atoms with Gasteiger partial charge < -0.3 is 10.0 Å². The van der Waals surface area contributed by atoms with Crippen LogP contribution in [0.1, 0.15) is 24.2 Å². The monoisotopic (exact) mass is 258 g/mol. The van der Waals surface area contributed by atoms with Gasteiger partial charge in [0.05, 0.1) is 6.10 Å². The number of pyridine rings is 1. The maximum absolute atomic E-state index is 13.4. The molecule has 0 bridgehead atoms. The topological polar surface area (TPSA) is 36.4 Å². The summed E-state index contributed by atoms with van der Waals surface area (Å²) in [5, 5.41) is 9.62. The summed E-state index contributed by atoms with van der Waals surface area (Å²) in [6, 6.07) is 8.49. The van der Waals surface area contributed by atoms with Gasteiger partial charge >= 0.3 is 0 Å². The minimum absolute atomic E-state index is 0.239. The summed E-state index contributed by atoms with van der Waals surface area (Å²) in [6.07, 6.45) is 2.03. The fraction of sp³-hybridized carbons (Fsp3) is 0.267. The summed E-state index contributed by atoms with van der Waals surface area (Å²) in [5.74, 6) is 0.514. The number of benzene rings is 1. The van der Waals surface area contributed by atoms with E-state index in [0.717, 1.165) is 35.6 Å². The van der Waals surface area contributed by atoms with Crippen molar-refractivity contribution in [2.24, 2.45) is 0 Å². The molecule has 0 saturated heterocycles. The van der Waals surface area contributed by atoms with E-state index in [1.165, 1.54) is 6.07 Å². The Kier molecular flexibility index (Phi) is 2.95. The van der Waals surface area contributed by atoms with E-state index in [-0.39, 0.29) is 5.82 Å². The quantitative estimate of drug-likeness (QED) is 0.899. The Hall–Kier alpha value is -1.94. The Labute approximate surface area is 111 Å². The number of nitrogens with zero attached hydrogens (tertiary/aromatic N) is 2. The molecule has 0 radical (unpaired) electrons. The molecule has 1 atom stereocenters. The van der Waals surface area contributed by atoms with Crippen molar-refractivity contribution in [3.8, 4) is 0 Å². The van der Waals surface area contributed by atoms with Gasteiger partial charge in [0.25, 0.3) is 0 Å². The first-order valence-electron chi connectivity index (χ1n) is 6.35. The van der Waals surface area contributed by atoms with Gasteiger partial charge in [-0.25, -0.2) is 9.37 Å². The van der Waals surface area contributed by atoms with Crippen molar-refractivity contribution in [1.82, 2.24) is 4.98 Å². The van der Waals surface area contributed by atoms with E-state index in [0.29, 0.717) is 0 Å². The molecule has 4 heteroatoms. The highest BCUT2D eigenvalue weighted by molar-refractivity contribution is 5.67. The third-order valence-corrected chi connectivity index (χ3v) is 3.47. The molecule has 19 heavy (non-hydrogen) atoms. The van der Waals surface area contributed by atoms with Crippen LogP contribution in [0.15, 0.2) is 36.5 Å². The molecule has 1 aliphatic rings. The van der Waals surface area contributed by atoms with E-state index in [1.54, 1.807) is 25.3 Å². The van der Waals surface area contributed by atoms with Crippen LogP contribution < -0.4 is 4.90 Å². The molecule has 2 aromatic rings. The average molecular weight is 258 g/mol. The second-order valence-electron chi connectivity index (χ2n) is 4.80. The van der Waals surface area contributed by atoms with E-state index in [9.17, 15) is 9.50 Å². The second kappa shape index (κ2) is 4.63. The molecule has 0 unspecified atom stereocenters. The van der Waals surface area contributed by atoms with Crippen molar-refractivity contribution in [3.63, 3.8) is 0 Å². The molecule has 0 spiro atoms. The lowest BCUT2D eigenvalue weighted by Crippen LogP contribution is -2.15. The zero-order valence-corrected chi connectivity index (χ0v) is 10.7. The number of hydrogen-bond donors (Lipinski definition) is 1. The Morgan fingerprint density at radius 2 is 2.16 bits per heavy atom. The van der Waals surface area contributed by atoms with Crippen molar-refractivity contribution < 1.29 is 9.50 Å². The molecular formula is C15H15FN2O. The number of aliphatic hydroxyl groups excluding tert-OH is 1. The molecule has 0 fully saturated rings. The number of aliphatic hydroxyl groups is 1. The molecule has 1 aromatic heterocycles. The van der Waals surface area contributed by atoms with Gasteiger partial charge in [0.15, 0.2) is 0 Å². The summed E-state index contributed by atoms with van der Waals surface area (Å²) in [7, 11) is 0. The summed E-state index contributed by atoms with van der Waals surface area (Å²) >= 11 is 0. The lowest BCUT2D eigenvalue weighted by molar-refractivity contribution is 0.199. The predicted octanol–water partition coefficient (Wildman–Crippen LogP) is 2.97. The number of rotatable bonds is 2. The maximum atomic E-state index is 13.4. The zero-order valence-electron chi connectivity index (χ0n) is 10.7. The lowest BCUT2D eigenvalue weighted by atomic mass is 10.1. The Morgan fingerprint density at radius 3 is 2.95 bits per heavy atom. The predicted molar refractivity (Wildman–Crippen MR) is 72.0 cm³/mol. The molecule has 1 N–H and O–H groups in total. The van der Waals surface area contributed by atoms with E-state index in [1.807, 2.05) is 17.0 Å². The highest BCUT2D eigenvalue weighted by Crippen LogP contribution is 2.34. The molecule has 3 rings (SSSR count). The van der Waals surface area contributed by atoms with Gasteiger partial charge in [0.2, 0.25) is 0 Å². The minimum Gasteiger partial charge on any atom is -0.389 e. The first-order chi connectivity index (χ1) is 9.15. The molecule has 0 saturated carbocycles. The van der Waals surface area contributed by atoms with Crippen LogP contribution in [0.2, 0.25) is 0 Å². The number of hydrogen-bond acceptors (Lipinski definition) is 3. The van der Waals surface area contributed by atoms with Crippen molar-refractivity contribution in [2.75, 3.05) is 11.4 Å². The largest absolute Gasteiger partial charge is 0.389 e. The molecule has 2 heterocycles. The third kappa shape index (κ3) is 2.19. The fourth-order valence-corrected chi connectivity index (χ4v) is 2.43. The summed E-state index contributed by atoms with van der Waals surface area (Å²) in [4.78, 5) is 6.32. The zero-order chi connectivity index (χ0) is 13.4. The van der Waals surface area contributed by atoms with E-state index in [2.05, 4.69) is 4.98 Å². The highest BCUT2D eigenvalue weighted by atomic mass is 19.1. The van der Waals surface area contributed by atoms with Gasteiger partial charge in [-0.05, 0) is 48.7 Å². The summed E-state index contributed by atoms with van der Waals surface area (Å²) in [5.41, 5.74) is 2.82. The van der Waals surface area contributed by atoms with Crippen LogP contribution in [-0.4, -0.2) is 16.6 Å². The maximum Gasteiger partial charge on any atom is 0.133 e. The molecule has 3 nitrogen and oxygen atoms in total. The van der Waals surface area contributed by atoms with Gasteiger partial charge in [0, 0.05) is 18.4 Å². The molecular weight excluding hydrogens is 243 g/mol. The van der Waals surface area contributed by atoms with Crippen LogP contribution in [0, 0.1) is 5.82 Å². The standard InChI is InChI=1S/C15H15FN2O/c1-10(19)12-4-6-17-15(8-12)18-7-5-11-2-3-13(16)9-14(11)18/h2-4,6,8-10,19H,5,7H2,1H3/t10-/m1/s1. The molecule has 98 valence electrons. The van der Waals surface area contributed by atoms with Gasteiger partial charge in [-0.1, -0.05) is 6.07 Å². The van der Waals surface area contributed by atoms with Crippen LogP contribution >= 0.6 is 0 Å². The Bertz CT molecular complexity index is 613. The number of halogens is 1. The molecule has 0 amide bonds. The average Bonchev–Trinajstić information content (AvgIpc) is 2.81. The van der Waals surface area contributed by atoms with E-state index < -0.39 is 6.10 Å². The molecule has 0 aliphatic carbocycles. The van der Waals surface area contributed by atoms with Crippen molar-refractivity contribution in [2.45, 2.75) is 19.4 Å². The van der Waals surface area contributed by atoms with Gasteiger partial charge in [-0.15, -0.1) is 0 Å². The summed E-state index contributed by atoms with van der Waals surface area (Å²) in [6.45, 7) is 2.51. The highest BCUT2D eigenvalue weighted by Gasteiger charge is 2.22. The van der Waals surface area contributed by atoms with E-state index in [4.69, 9.17) is 0 Å². The van der Waals surface area contributed by atoms with Crippen LogP contribution in [0.4, 0.5) is 15.9 Å². The Balaban J connectivity index is 2.01. The van der Waals surface area contributed by atoms with Crippen LogP contribution in [0.5, 0.6) is 0 Å². The summed E-state index contributed by atoms with van der Waals surface area (Å²) < 4.78 is 13.4. The first kappa shape index (κ1) is 12.1. The van der Waals surface area contributed by atoms with Crippen LogP contribution in [-0.2, 0) is 6.42 Å². The van der Waals surface area contributed by atoms with E-state index >= 15 is 0 Å². The van der Waals surface area contributed by atoms with Gasteiger partial charge in [-0.2, -0.15) is 0 Å². The number of fused-ring (bicyclic) bond motifs is 1. The van der Waals surface area contributed by atoms with Crippen molar-refractivity contribution in [3.05, 3.63) is 53.5 Å². The lowest BCUT2D eigenvalue weighted by Gasteiger charge is -2.19. The Morgan fingerprint density at radius 1 is 1.32 bits per heavy atom. The van der Waals surface area contributed by atoms with Crippen molar-refractivity contribution >= 4 is 11.5 Å².